The number of hydrogen-bond acceptors (Lipinski definition) is 2. The zero-order valence-corrected chi connectivity index (χ0v) is 12.7. The lowest BCUT2D eigenvalue weighted by molar-refractivity contribution is 0.213. The molecule has 1 heterocycles. The maximum Gasteiger partial charge on any atom is 0.108 e. The van der Waals surface area contributed by atoms with Gasteiger partial charge in [0.15, 0.2) is 0 Å². The van der Waals surface area contributed by atoms with Crippen molar-refractivity contribution in [2.24, 2.45) is 18.9 Å². The SMILES string of the molecule is CC(C)NCC1CCCCC1CCc1nccn1C. The fourth-order valence-electron chi connectivity index (χ4n) is 3.27. The van der Waals surface area contributed by atoms with Crippen molar-refractivity contribution in [2.45, 2.75) is 58.4 Å². The van der Waals surface area contributed by atoms with Crippen molar-refractivity contribution in [1.29, 1.82) is 0 Å². The van der Waals surface area contributed by atoms with Gasteiger partial charge < -0.3 is 9.88 Å². The molecule has 2 rings (SSSR count). The van der Waals surface area contributed by atoms with Gasteiger partial charge in [0.05, 0.1) is 0 Å². The van der Waals surface area contributed by atoms with Crippen molar-refractivity contribution in [3.05, 3.63) is 18.2 Å². The lowest BCUT2D eigenvalue weighted by Gasteiger charge is -2.32. The van der Waals surface area contributed by atoms with Gasteiger partial charge in [0.25, 0.3) is 0 Å². The summed E-state index contributed by atoms with van der Waals surface area (Å²) in [5, 5.41) is 3.63. The van der Waals surface area contributed by atoms with Crippen molar-refractivity contribution in [2.75, 3.05) is 6.54 Å². The van der Waals surface area contributed by atoms with E-state index in [1.807, 2.05) is 12.4 Å². The van der Waals surface area contributed by atoms with E-state index in [4.69, 9.17) is 0 Å². The Balaban J connectivity index is 1.83. The Morgan fingerprint density at radius 1 is 1.32 bits per heavy atom. The molecule has 1 fully saturated rings. The van der Waals surface area contributed by atoms with Crippen LogP contribution in [-0.4, -0.2) is 22.1 Å². The van der Waals surface area contributed by atoms with Crippen molar-refractivity contribution >= 4 is 0 Å². The molecule has 0 radical (unpaired) electrons. The molecule has 3 nitrogen and oxygen atoms in total. The van der Waals surface area contributed by atoms with Crippen molar-refractivity contribution in [1.82, 2.24) is 14.9 Å². The van der Waals surface area contributed by atoms with Crippen LogP contribution in [0, 0.1) is 11.8 Å². The highest BCUT2D eigenvalue weighted by atomic mass is 15.0. The van der Waals surface area contributed by atoms with Crippen LogP contribution in [0.15, 0.2) is 12.4 Å². The van der Waals surface area contributed by atoms with E-state index in [0.717, 1.165) is 18.3 Å². The van der Waals surface area contributed by atoms with Crippen LogP contribution in [-0.2, 0) is 13.5 Å². The van der Waals surface area contributed by atoms with Gasteiger partial charge in [-0.1, -0.05) is 33.1 Å². The first-order valence-corrected chi connectivity index (χ1v) is 7.86. The maximum atomic E-state index is 4.45. The summed E-state index contributed by atoms with van der Waals surface area (Å²) < 4.78 is 2.16. The third kappa shape index (κ3) is 4.34. The first-order chi connectivity index (χ1) is 9.16. The molecule has 2 atom stereocenters. The van der Waals surface area contributed by atoms with E-state index in [1.165, 1.54) is 44.5 Å². The number of nitrogens with zero attached hydrogens (tertiary/aromatic N) is 2. The molecule has 3 heteroatoms. The lowest BCUT2D eigenvalue weighted by atomic mass is 9.76. The maximum absolute atomic E-state index is 4.45. The second-order valence-corrected chi connectivity index (χ2v) is 6.36. The van der Waals surface area contributed by atoms with Crippen LogP contribution in [0.4, 0.5) is 0 Å². The molecule has 0 bridgehead atoms. The Morgan fingerprint density at radius 3 is 2.68 bits per heavy atom. The van der Waals surface area contributed by atoms with Crippen LogP contribution in [0.3, 0.4) is 0 Å². The Labute approximate surface area is 117 Å². The van der Waals surface area contributed by atoms with Gasteiger partial charge in [-0.2, -0.15) is 0 Å². The zero-order chi connectivity index (χ0) is 13.7. The highest BCUT2D eigenvalue weighted by Gasteiger charge is 2.25. The van der Waals surface area contributed by atoms with Crippen molar-refractivity contribution in [3.8, 4) is 0 Å². The van der Waals surface area contributed by atoms with Gasteiger partial charge >= 0.3 is 0 Å². The molecular formula is C16H29N3. The fraction of sp³-hybridized carbons (Fsp3) is 0.812. The molecule has 1 saturated carbocycles. The van der Waals surface area contributed by atoms with Crippen LogP contribution in [0.5, 0.6) is 0 Å². The van der Waals surface area contributed by atoms with Crippen molar-refractivity contribution in [3.63, 3.8) is 0 Å². The molecule has 1 aromatic heterocycles. The van der Waals surface area contributed by atoms with Gasteiger partial charge in [-0.25, -0.2) is 4.98 Å². The van der Waals surface area contributed by atoms with E-state index in [-0.39, 0.29) is 0 Å². The fourth-order valence-corrected chi connectivity index (χ4v) is 3.27. The summed E-state index contributed by atoms with van der Waals surface area (Å²) >= 11 is 0. The number of rotatable bonds is 6. The normalized spacial score (nSPS) is 24.0. The summed E-state index contributed by atoms with van der Waals surface area (Å²) in [5.41, 5.74) is 0. The molecule has 108 valence electrons. The Bertz CT molecular complexity index is 370. The molecule has 1 N–H and O–H groups in total. The highest BCUT2D eigenvalue weighted by Crippen LogP contribution is 2.32. The van der Waals surface area contributed by atoms with E-state index < -0.39 is 0 Å². The quantitative estimate of drug-likeness (QED) is 0.854. The average molecular weight is 263 g/mol. The van der Waals surface area contributed by atoms with Crippen LogP contribution in [0.2, 0.25) is 0 Å². The average Bonchev–Trinajstić information content (AvgIpc) is 2.80. The van der Waals surface area contributed by atoms with Gasteiger partial charge in [0.1, 0.15) is 5.82 Å². The van der Waals surface area contributed by atoms with E-state index in [2.05, 4.69) is 35.8 Å². The molecule has 1 aliphatic rings. The minimum atomic E-state index is 0.608. The number of aromatic nitrogens is 2. The third-order valence-electron chi connectivity index (χ3n) is 4.51. The van der Waals surface area contributed by atoms with Crippen LogP contribution >= 0.6 is 0 Å². The molecule has 1 aliphatic carbocycles. The summed E-state index contributed by atoms with van der Waals surface area (Å²) in [7, 11) is 2.10. The number of aryl methyl sites for hydroxylation is 2. The number of hydrogen-bond donors (Lipinski definition) is 1. The second kappa shape index (κ2) is 7.09. The topological polar surface area (TPSA) is 29.9 Å². The van der Waals surface area contributed by atoms with E-state index in [1.54, 1.807) is 0 Å². The predicted molar refractivity (Wildman–Crippen MR) is 80.1 cm³/mol. The van der Waals surface area contributed by atoms with E-state index in [9.17, 15) is 0 Å². The molecule has 2 unspecified atom stereocenters. The van der Waals surface area contributed by atoms with Crippen LogP contribution in [0.1, 0.15) is 51.8 Å². The first kappa shape index (κ1) is 14.6. The van der Waals surface area contributed by atoms with Gasteiger partial charge in [0, 0.05) is 31.9 Å². The summed E-state index contributed by atoms with van der Waals surface area (Å²) in [6, 6.07) is 0.608. The minimum Gasteiger partial charge on any atom is -0.338 e. The highest BCUT2D eigenvalue weighted by molar-refractivity contribution is 4.92. The Kier molecular flexibility index (Phi) is 5.44. The summed E-state index contributed by atoms with van der Waals surface area (Å²) in [4.78, 5) is 4.45. The molecule has 0 aromatic carbocycles. The zero-order valence-electron chi connectivity index (χ0n) is 12.7. The molecule has 0 spiro atoms. The van der Waals surface area contributed by atoms with Gasteiger partial charge in [-0.3, -0.25) is 0 Å². The van der Waals surface area contributed by atoms with Crippen LogP contribution < -0.4 is 5.32 Å². The summed E-state index contributed by atoms with van der Waals surface area (Å²) in [5.74, 6) is 2.99. The number of nitrogens with one attached hydrogen (secondary N) is 1. The molecular weight excluding hydrogens is 234 g/mol. The standard InChI is InChI=1S/C16H29N3/c1-13(2)18-12-15-7-5-4-6-14(15)8-9-16-17-10-11-19(16)3/h10-11,13-15,18H,4-9,12H2,1-3H3. The molecule has 0 saturated heterocycles. The molecule has 1 aromatic rings. The minimum absolute atomic E-state index is 0.608. The molecule has 0 aliphatic heterocycles. The van der Waals surface area contributed by atoms with Crippen LogP contribution in [0.25, 0.3) is 0 Å². The third-order valence-corrected chi connectivity index (χ3v) is 4.51. The summed E-state index contributed by atoms with van der Waals surface area (Å²) in [6.07, 6.45) is 12.1. The summed E-state index contributed by atoms with van der Waals surface area (Å²) in [6.45, 7) is 5.68. The molecule has 0 amide bonds. The smallest absolute Gasteiger partial charge is 0.108 e. The molecule has 19 heavy (non-hydrogen) atoms. The van der Waals surface area contributed by atoms with Gasteiger partial charge in [-0.15, -0.1) is 0 Å². The van der Waals surface area contributed by atoms with E-state index in [0.29, 0.717) is 6.04 Å². The lowest BCUT2D eigenvalue weighted by Crippen LogP contribution is -2.34. The Hall–Kier alpha value is -0.830. The van der Waals surface area contributed by atoms with Gasteiger partial charge in [0.2, 0.25) is 0 Å². The predicted octanol–water partition coefficient (Wildman–Crippen LogP) is 3.16. The first-order valence-electron chi connectivity index (χ1n) is 7.86. The largest absolute Gasteiger partial charge is 0.338 e. The van der Waals surface area contributed by atoms with E-state index >= 15 is 0 Å². The Morgan fingerprint density at radius 2 is 2.05 bits per heavy atom. The monoisotopic (exact) mass is 263 g/mol. The van der Waals surface area contributed by atoms with Gasteiger partial charge in [-0.05, 0) is 31.2 Å². The van der Waals surface area contributed by atoms with Crippen molar-refractivity contribution < 1.29 is 0 Å². The second-order valence-electron chi connectivity index (χ2n) is 6.36. The number of imidazole rings is 1.